The molecule has 88 valence electrons. The molecule has 2 rings (SSSR count). The fourth-order valence-corrected chi connectivity index (χ4v) is 1.35. The van der Waals surface area contributed by atoms with E-state index in [1.165, 1.54) is 16.9 Å². The van der Waals surface area contributed by atoms with Gasteiger partial charge in [-0.1, -0.05) is 0 Å². The van der Waals surface area contributed by atoms with Crippen LogP contribution in [0.5, 0.6) is 0 Å². The molecule has 2 N–H and O–H groups in total. The van der Waals surface area contributed by atoms with E-state index in [1.807, 2.05) is 0 Å². The Labute approximate surface area is 94.9 Å². The molecule has 0 spiro atoms. The Kier molecular flexibility index (Phi) is 2.95. The number of carbonyl (C=O) groups is 1. The molecule has 0 aliphatic heterocycles. The minimum atomic E-state index is -0.933. The van der Waals surface area contributed by atoms with Gasteiger partial charge in [0.2, 0.25) is 5.56 Å². The highest BCUT2D eigenvalue weighted by atomic mass is 16.4. The van der Waals surface area contributed by atoms with Crippen molar-refractivity contribution in [1.82, 2.24) is 25.2 Å². The van der Waals surface area contributed by atoms with Crippen molar-refractivity contribution in [2.24, 2.45) is 0 Å². The Morgan fingerprint density at radius 1 is 1.53 bits per heavy atom. The molecule has 0 saturated heterocycles. The van der Waals surface area contributed by atoms with Crippen molar-refractivity contribution in [2.45, 2.75) is 13.0 Å². The van der Waals surface area contributed by atoms with Crippen LogP contribution in [0.15, 0.2) is 23.1 Å². The largest absolute Gasteiger partial charge is 0.481 e. The number of H-pyrrole nitrogens is 1. The lowest BCUT2D eigenvalue weighted by Crippen LogP contribution is -2.09. The average molecular weight is 235 g/mol. The monoisotopic (exact) mass is 235 g/mol. The van der Waals surface area contributed by atoms with E-state index in [1.54, 1.807) is 6.07 Å². The highest BCUT2D eigenvalue weighted by molar-refractivity contribution is 5.66. The Morgan fingerprint density at radius 2 is 2.35 bits per heavy atom. The first-order chi connectivity index (χ1) is 8.16. The zero-order valence-electron chi connectivity index (χ0n) is 8.70. The van der Waals surface area contributed by atoms with Crippen LogP contribution in [0.25, 0.3) is 11.4 Å². The summed E-state index contributed by atoms with van der Waals surface area (Å²) < 4.78 is 1.35. The first-order valence-electron chi connectivity index (χ1n) is 4.84. The molecule has 0 aromatic carbocycles. The van der Waals surface area contributed by atoms with Gasteiger partial charge < -0.3 is 10.1 Å². The normalized spacial score (nSPS) is 10.4. The summed E-state index contributed by atoms with van der Waals surface area (Å²) in [6, 6.07) is 2.99. The van der Waals surface area contributed by atoms with Crippen LogP contribution in [0, 0.1) is 0 Å². The van der Waals surface area contributed by atoms with Gasteiger partial charge in [0.15, 0.2) is 5.82 Å². The van der Waals surface area contributed by atoms with Crippen molar-refractivity contribution < 1.29 is 9.90 Å². The van der Waals surface area contributed by atoms with Gasteiger partial charge >= 0.3 is 5.97 Å². The Morgan fingerprint density at radius 3 is 3.06 bits per heavy atom. The fraction of sp³-hybridized carbons (Fsp3) is 0.222. The zero-order chi connectivity index (χ0) is 12.3. The van der Waals surface area contributed by atoms with Crippen molar-refractivity contribution in [3.63, 3.8) is 0 Å². The summed E-state index contributed by atoms with van der Waals surface area (Å²) in [5.74, 6) is -0.560. The van der Waals surface area contributed by atoms with E-state index in [2.05, 4.69) is 20.5 Å². The van der Waals surface area contributed by atoms with Gasteiger partial charge in [-0.25, -0.2) is 4.68 Å². The zero-order valence-corrected chi connectivity index (χ0v) is 8.70. The molecule has 0 aliphatic carbocycles. The lowest BCUT2D eigenvalue weighted by molar-refractivity contribution is -0.137. The van der Waals surface area contributed by atoms with E-state index in [-0.39, 0.29) is 18.5 Å². The van der Waals surface area contributed by atoms with E-state index in [9.17, 15) is 9.59 Å². The standard InChI is InChI=1S/C9H9N5O3/c15-7-5-6(1-3-10-7)9-11-12-13-14(9)4-2-8(16)17/h1,3,5H,2,4H2,(H,10,15)(H,16,17). The van der Waals surface area contributed by atoms with Crippen molar-refractivity contribution in [3.05, 3.63) is 28.7 Å². The molecule has 0 atom stereocenters. The number of carboxylic acid groups (broad SMARTS) is 1. The van der Waals surface area contributed by atoms with Gasteiger partial charge in [0.05, 0.1) is 13.0 Å². The van der Waals surface area contributed by atoms with Gasteiger partial charge in [-0.3, -0.25) is 9.59 Å². The molecule has 0 bridgehead atoms. The van der Waals surface area contributed by atoms with Gasteiger partial charge in [0.25, 0.3) is 0 Å². The molecule has 0 fully saturated rings. The molecule has 0 saturated carbocycles. The third kappa shape index (κ3) is 2.54. The quantitative estimate of drug-likeness (QED) is 0.738. The van der Waals surface area contributed by atoms with E-state index in [0.29, 0.717) is 11.4 Å². The second-order valence-electron chi connectivity index (χ2n) is 3.31. The van der Waals surface area contributed by atoms with Gasteiger partial charge in [-0.15, -0.1) is 5.10 Å². The number of hydrogen-bond acceptors (Lipinski definition) is 5. The highest BCUT2D eigenvalue weighted by Gasteiger charge is 2.10. The van der Waals surface area contributed by atoms with Crippen molar-refractivity contribution in [2.75, 3.05) is 0 Å². The number of aliphatic carboxylic acids is 1. The minimum Gasteiger partial charge on any atom is -0.481 e. The number of aryl methyl sites for hydroxylation is 1. The van der Waals surface area contributed by atoms with E-state index >= 15 is 0 Å². The third-order valence-corrected chi connectivity index (χ3v) is 2.10. The first kappa shape index (κ1) is 11.0. The molecule has 0 aliphatic rings. The maximum Gasteiger partial charge on any atom is 0.305 e. The highest BCUT2D eigenvalue weighted by Crippen LogP contribution is 2.12. The maximum absolute atomic E-state index is 11.1. The number of tetrazole rings is 1. The van der Waals surface area contributed by atoms with E-state index in [0.717, 1.165) is 0 Å². The van der Waals surface area contributed by atoms with Crippen LogP contribution < -0.4 is 5.56 Å². The number of aromatic nitrogens is 5. The molecule has 0 radical (unpaired) electrons. The number of pyridine rings is 1. The first-order valence-corrected chi connectivity index (χ1v) is 4.84. The van der Waals surface area contributed by atoms with Gasteiger partial charge in [0, 0.05) is 17.8 Å². The molecular weight excluding hydrogens is 226 g/mol. The summed E-state index contributed by atoms with van der Waals surface area (Å²) in [5.41, 5.74) is 0.277. The number of carboxylic acids is 1. The fourth-order valence-electron chi connectivity index (χ4n) is 1.35. The van der Waals surface area contributed by atoms with Crippen LogP contribution in [-0.2, 0) is 11.3 Å². The molecule has 0 unspecified atom stereocenters. The molecule has 8 nitrogen and oxygen atoms in total. The summed E-state index contributed by atoms with van der Waals surface area (Å²) in [6.45, 7) is 0.157. The molecule has 8 heteroatoms. The average Bonchev–Trinajstić information content (AvgIpc) is 2.74. The van der Waals surface area contributed by atoms with E-state index in [4.69, 9.17) is 5.11 Å². The molecular formula is C9H9N5O3. The minimum absolute atomic E-state index is 0.0821. The van der Waals surface area contributed by atoms with Gasteiger partial charge in [-0.2, -0.15) is 0 Å². The molecule has 2 aromatic heterocycles. The third-order valence-electron chi connectivity index (χ3n) is 2.10. The summed E-state index contributed by atoms with van der Waals surface area (Å²) in [6.07, 6.45) is 1.40. The Hall–Kier alpha value is -2.51. The number of nitrogens with zero attached hydrogens (tertiary/aromatic N) is 4. The lowest BCUT2D eigenvalue weighted by Gasteiger charge is -2.01. The molecule has 2 aromatic rings. The van der Waals surface area contributed by atoms with Crippen molar-refractivity contribution >= 4 is 5.97 Å². The number of aromatic amines is 1. The summed E-state index contributed by atoms with van der Waals surface area (Å²) in [4.78, 5) is 24.1. The topological polar surface area (TPSA) is 114 Å². The van der Waals surface area contributed by atoms with E-state index < -0.39 is 5.97 Å². The number of hydrogen-bond donors (Lipinski definition) is 2. The van der Waals surface area contributed by atoms with Crippen molar-refractivity contribution in [1.29, 1.82) is 0 Å². The van der Waals surface area contributed by atoms with Crippen molar-refractivity contribution in [3.8, 4) is 11.4 Å². The van der Waals surface area contributed by atoms with Gasteiger partial charge in [-0.05, 0) is 16.5 Å². The summed E-state index contributed by atoms with van der Waals surface area (Å²) in [7, 11) is 0. The van der Waals surface area contributed by atoms with Crippen LogP contribution in [0.3, 0.4) is 0 Å². The van der Waals surface area contributed by atoms with Crippen LogP contribution >= 0.6 is 0 Å². The number of nitrogens with one attached hydrogen (secondary N) is 1. The predicted molar refractivity (Wildman–Crippen MR) is 56.1 cm³/mol. The second-order valence-corrected chi connectivity index (χ2v) is 3.31. The van der Waals surface area contributed by atoms with Gasteiger partial charge in [0.1, 0.15) is 0 Å². The maximum atomic E-state index is 11.1. The number of rotatable bonds is 4. The Bertz CT molecular complexity index is 588. The van der Waals surface area contributed by atoms with Crippen LogP contribution in [0.4, 0.5) is 0 Å². The second kappa shape index (κ2) is 4.56. The lowest BCUT2D eigenvalue weighted by atomic mass is 10.2. The summed E-state index contributed by atoms with van der Waals surface area (Å²) >= 11 is 0. The molecule has 17 heavy (non-hydrogen) atoms. The summed E-state index contributed by atoms with van der Waals surface area (Å²) in [5, 5.41) is 19.5. The Balaban J connectivity index is 2.30. The SMILES string of the molecule is O=C(O)CCn1nnnc1-c1cc[nH]c(=O)c1. The smallest absolute Gasteiger partial charge is 0.305 e. The molecule has 2 heterocycles. The van der Waals surface area contributed by atoms with Crippen LogP contribution in [0.2, 0.25) is 0 Å². The van der Waals surface area contributed by atoms with Crippen LogP contribution in [-0.4, -0.2) is 36.3 Å². The van der Waals surface area contributed by atoms with Crippen LogP contribution in [0.1, 0.15) is 6.42 Å². The molecule has 0 amide bonds. The predicted octanol–water partition coefficient (Wildman–Crippen LogP) is -0.497.